The van der Waals surface area contributed by atoms with Crippen molar-refractivity contribution in [1.29, 1.82) is 0 Å². The van der Waals surface area contributed by atoms with E-state index in [9.17, 15) is 9.59 Å². The number of fused-ring (bicyclic) bond motifs is 1. The topological polar surface area (TPSA) is 74.1 Å². The molecule has 0 radical (unpaired) electrons. The van der Waals surface area contributed by atoms with Gasteiger partial charge in [0.25, 0.3) is 5.56 Å². The summed E-state index contributed by atoms with van der Waals surface area (Å²) in [5, 5.41) is 8.48. The number of aryl methyl sites for hydroxylation is 1. The lowest BCUT2D eigenvalue weighted by Crippen LogP contribution is -2.31. The van der Waals surface area contributed by atoms with Crippen LogP contribution >= 0.6 is 0 Å². The summed E-state index contributed by atoms with van der Waals surface area (Å²) in [5.41, 5.74) is 2.29. The summed E-state index contributed by atoms with van der Waals surface area (Å²) in [5.74, 6) is 0.655. The molecule has 0 unspecified atom stereocenters. The van der Waals surface area contributed by atoms with Crippen LogP contribution in [0, 0.1) is 6.92 Å². The Kier molecular flexibility index (Phi) is 5.35. The van der Waals surface area contributed by atoms with Crippen LogP contribution in [0.25, 0.3) is 10.9 Å². The normalized spacial score (nSPS) is 13.3. The minimum absolute atomic E-state index is 0.0420. The molecule has 6 heteroatoms. The second kappa shape index (κ2) is 7.70. The lowest BCUT2D eigenvalue weighted by atomic mass is 9.92. The molecule has 1 heterocycles. The molecule has 2 aromatic carbocycles. The lowest BCUT2D eigenvalue weighted by molar-refractivity contribution is -0.122. The molecule has 0 aliphatic heterocycles. The van der Waals surface area contributed by atoms with Crippen LogP contribution in [0.4, 0.5) is 0 Å². The fourth-order valence-corrected chi connectivity index (χ4v) is 3.20. The van der Waals surface area contributed by atoms with E-state index < -0.39 is 6.04 Å². The fraction of sp³-hybridized carbons (Fsp3) is 0.333. The highest BCUT2D eigenvalue weighted by Gasteiger charge is 2.23. The zero-order chi connectivity index (χ0) is 19.6. The number of nitrogens with zero attached hydrogens (tertiary/aromatic N) is 3. The number of Topliss-reactive ketones (excluding diaryl/α,β-unsaturated/α-hetero) is 1. The van der Waals surface area contributed by atoms with Crippen LogP contribution in [0.2, 0.25) is 0 Å². The maximum atomic E-state index is 12.8. The molecule has 3 aromatic rings. The number of hydrogen-bond acceptors (Lipinski definition) is 5. The average Bonchev–Trinajstić information content (AvgIpc) is 2.67. The van der Waals surface area contributed by atoms with Crippen molar-refractivity contribution in [2.24, 2.45) is 0 Å². The van der Waals surface area contributed by atoms with E-state index in [2.05, 4.69) is 10.3 Å². The second-order valence-corrected chi connectivity index (χ2v) is 6.85. The van der Waals surface area contributed by atoms with Gasteiger partial charge in [0, 0.05) is 6.42 Å². The molecular formula is C21H23N3O3. The van der Waals surface area contributed by atoms with Gasteiger partial charge in [-0.15, -0.1) is 5.10 Å². The molecule has 27 heavy (non-hydrogen) atoms. The second-order valence-electron chi connectivity index (χ2n) is 6.85. The highest BCUT2D eigenvalue weighted by Crippen LogP contribution is 2.30. The van der Waals surface area contributed by atoms with Gasteiger partial charge in [-0.3, -0.25) is 9.59 Å². The third-order valence-corrected chi connectivity index (χ3v) is 4.85. The van der Waals surface area contributed by atoms with Gasteiger partial charge in [-0.05, 0) is 49.1 Å². The van der Waals surface area contributed by atoms with Crippen LogP contribution in [0.5, 0.6) is 5.75 Å². The monoisotopic (exact) mass is 365 g/mol. The van der Waals surface area contributed by atoms with Gasteiger partial charge in [0.15, 0.2) is 5.78 Å². The molecule has 1 aromatic heterocycles. The summed E-state index contributed by atoms with van der Waals surface area (Å²) in [6, 6.07) is 12.2. The van der Waals surface area contributed by atoms with E-state index in [1.165, 1.54) is 4.68 Å². The Balaban J connectivity index is 1.84. The first-order valence-electron chi connectivity index (χ1n) is 8.94. The van der Waals surface area contributed by atoms with Crippen molar-refractivity contribution in [3.63, 3.8) is 0 Å². The van der Waals surface area contributed by atoms with Gasteiger partial charge in [0.05, 0.1) is 12.5 Å². The van der Waals surface area contributed by atoms with Crippen molar-refractivity contribution in [2.75, 3.05) is 7.11 Å². The Morgan fingerprint density at radius 2 is 1.93 bits per heavy atom. The summed E-state index contributed by atoms with van der Waals surface area (Å²) in [6.07, 6.45) is 0.279. The van der Waals surface area contributed by atoms with Crippen LogP contribution in [-0.4, -0.2) is 27.9 Å². The number of carbonyl (C=O) groups excluding carboxylic acids is 1. The first-order valence-corrected chi connectivity index (χ1v) is 8.94. The van der Waals surface area contributed by atoms with Gasteiger partial charge in [0.1, 0.15) is 17.3 Å². The van der Waals surface area contributed by atoms with E-state index in [0.29, 0.717) is 10.9 Å². The number of carbonyl (C=O) groups is 1. The van der Waals surface area contributed by atoms with E-state index in [1.807, 2.05) is 32.0 Å². The number of hydrogen-bond donors (Lipinski definition) is 0. The zero-order valence-corrected chi connectivity index (χ0v) is 16.0. The largest absolute Gasteiger partial charge is 0.496 e. The van der Waals surface area contributed by atoms with Crippen molar-refractivity contribution < 1.29 is 9.53 Å². The average molecular weight is 365 g/mol. The van der Waals surface area contributed by atoms with E-state index in [-0.39, 0.29) is 23.7 Å². The third kappa shape index (κ3) is 3.74. The van der Waals surface area contributed by atoms with Crippen LogP contribution in [0.15, 0.2) is 47.3 Å². The molecule has 0 saturated carbocycles. The standard InChI is InChI=1S/C21H23N3O3/c1-13-9-10-16(20(11-13)27-4)14(2)12-19(25)15(3)24-21(26)17-7-5-6-8-18(17)22-23-24/h5-11,14-15H,12H2,1-4H3/t14-,15+/m1/s1. The highest BCUT2D eigenvalue weighted by molar-refractivity contribution is 5.83. The number of rotatable bonds is 6. The van der Waals surface area contributed by atoms with Crippen molar-refractivity contribution >= 4 is 16.7 Å². The molecule has 0 bridgehead atoms. The smallest absolute Gasteiger partial charge is 0.278 e. The lowest BCUT2D eigenvalue weighted by Gasteiger charge is -2.18. The Morgan fingerprint density at radius 1 is 1.19 bits per heavy atom. The van der Waals surface area contributed by atoms with Gasteiger partial charge in [-0.2, -0.15) is 0 Å². The van der Waals surface area contributed by atoms with Gasteiger partial charge in [-0.25, -0.2) is 4.68 Å². The van der Waals surface area contributed by atoms with Crippen LogP contribution in [0.3, 0.4) is 0 Å². The van der Waals surface area contributed by atoms with Crippen LogP contribution < -0.4 is 10.3 Å². The molecule has 0 saturated heterocycles. The third-order valence-electron chi connectivity index (χ3n) is 4.85. The minimum atomic E-state index is -0.687. The number of aromatic nitrogens is 3. The molecule has 0 aliphatic carbocycles. The minimum Gasteiger partial charge on any atom is -0.496 e. The number of methoxy groups -OCH3 is 1. The van der Waals surface area contributed by atoms with Crippen molar-refractivity contribution in [1.82, 2.24) is 15.0 Å². The summed E-state index contributed by atoms with van der Waals surface area (Å²) in [6.45, 7) is 5.66. The predicted molar refractivity (Wildman–Crippen MR) is 104 cm³/mol. The molecule has 0 aliphatic rings. The first-order chi connectivity index (χ1) is 12.9. The van der Waals surface area contributed by atoms with Gasteiger partial charge >= 0.3 is 0 Å². The summed E-state index contributed by atoms with van der Waals surface area (Å²) >= 11 is 0. The predicted octanol–water partition coefficient (Wildman–Crippen LogP) is 3.43. The van der Waals surface area contributed by atoms with Crippen LogP contribution in [-0.2, 0) is 4.79 Å². The summed E-state index contributed by atoms with van der Waals surface area (Å²) in [7, 11) is 1.62. The SMILES string of the molecule is COc1cc(C)ccc1[C@H](C)CC(=O)[C@H](C)n1nnc2ccccc2c1=O. The summed E-state index contributed by atoms with van der Waals surface area (Å²) in [4.78, 5) is 25.5. The Morgan fingerprint density at radius 3 is 2.67 bits per heavy atom. The Labute approximate surface area is 157 Å². The van der Waals surface area contributed by atoms with E-state index in [0.717, 1.165) is 16.9 Å². The molecular weight excluding hydrogens is 342 g/mol. The molecule has 3 rings (SSSR count). The number of ketones is 1. The molecule has 0 spiro atoms. The number of ether oxygens (including phenoxy) is 1. The first kappa shape index (κ1) is 18.8. The zero-order valence-electron chi connectivity index (χ0n) is 16.0. The van der Waals surface area contributed by atoms with Gasteiger partial charge < -0.3 is 4.74 Å². The molecule has 6 nitrogen and oxygen atoms in total. The highest BCUT2D eigenvalue weighted by atomic mass is 16.5. The molecule has 140 valence electrons. The maximum Gasteiger partial charge on any atom is 0.278 e. The molecule has 0 N–H and O–H groups in total. The van der Waals surface area contributed by atoms with E-state index >= 15 is 0 Å². The summed E-state index contributed by atoms with van der Waals surface area (Å²) < 4.78 is 6.62. The van der Waals surface area contributed by atoms with Crippen molar-refractivity contribution in [3.05, 3.63) is 63.9 Å². The van der Waals surface area contributed by atoms with Crippen molar-refractivity contribution in [2.45, 2.75) is 39.2 Å². The van der Waals surface area contributed by atoms with E-state index in [1.54, 1.807) is 38.3 Å². The van der Waals surface area contributed by atoms with Crippen molar-refractivity contribution in [3.8, 4) is 5.75 Å². The molecule has 0 fully saturated rings. The Hall–Kier alpha value is -3.02. The molecule has 2 atom stereocenters. The van der Waals surface area contributed by atoms with E-state index in [4.69, 9.17) is 4.74 Å². The fourth-order valence-electron chi connectivity index (χ4n) is 3.20. The van der Waals surface area contributed by atoms with Gasteiger partial charge in [0.2, 0.25) is 0 Å². The Bertz CT molecular complexity index is 1040. The molecule has 0 amide bonds. The maximum absolute atomic E-state index is 12.8. The van der Waals surface area contributed by atoms with Crippen LogP contribution in [0.1, 0.15) is 43.4 Å². The number of benzene rings is 2. The van der Waals surface area contributed by atoms with Gasteiger partial charge in [-0.1, -0.05) is 36.4 Å². The quantitative estimate of drug-likeness (QED) is 0.669.